The number of rotatable bonds is 2. The van der Waals surface area contributed by atoms with Crippen molar-refractivity contribution in [3.8, 4) is 0 Å². The van der Waals surface area contributed by atoms with Crippen LogP contribution in [0.3, 0.4) is 0 Å². The van der Waals surface area contributed by atoms with Crippen LogP contribution < -0.4 is 0 Å². The molecular weight excluding hydrogens is 342 g/mol. The van der Waals surface area contributed by atoms with Crippen molar-refractivity contribution in [1.29, 1.82) is 0 Å². The molecule has 0 radical (unpaired) electrons. The number of ether oxygens (including phenoxy) is 1. The average Bonchev–Trinajstić information content (AvgIpc) is 2.50. The van der Waals surface area contributed by atoms with Crippen LogP contribution in [0.25, 0.3) is 0 Å². The second-order valence-corrected chi connectivity index (χ2v) is 5.64. The number of ketones is 1. The van der Waals surface area contributed by atoms with E-state index in [1.54, 1.807) is 12.1 Å². The van der Waals surface area contributed by atoms with E-state index in [0.29, 0.717) is 18.6 Å². The van der Waals surface area contributed by atoms with Gasteiger partial charge in [-0.1, -0.05) is 24.3 Å². The Morgan fingerprint density at radius 2 is 1.95 bits per heavy atom. The predicted octanol–water partition coefficient (Wildman–Crippen LogP) is 4.22. The van der Waals surface area contributed by atoms with Crippen molar-refractivity contribution < 1.29 is 18.3 Å². The van der Waals surface area contributed by atoms with Crippen molar-refractivity contribution in [2.24, 2.45) is 0 Å². The summed E-state index contributed by atoms with van der Waals surface area (Å²) in [4.78, 5) is 12.5. The Kier molecular flexibility index (Phi) is 3.87. The van der Waals surface area contributed by atoms with Gasteiger partial charge in [0.05, 0.1) is 16.6 Å². The van der Waals surface area contributed by atoms with Crippen LogP contribution in [0, 0.1) is 11.6 Å². The highest BCUT2D eigenvalue weighted by Crippen LogP contribution is 2.32. The molecule has 5 heteroatoms. The van der Waals surface area contributed by atoms with Crippen LogP contribution in [0.15, 0.2) is 40.9 Å². The number of benzene rings is 2. The van der Waals surface area contributed by atoms with Gasteiger partial charge in [-0.2, -0.15) is 0 Å². The van der Waals surface area contributed by atoms with Gasteiger partial charge in [0, 0.05) is 0 Å². The number of carbonyl (C=O) groups is 1. The minimum Gasteiger partial charge on any atom is -0.365 e. The van der Waals surface area contributed by atoms with E-state index in [2.05, 4.69) is 15.9 Å². The highest BCUT2D eigenvalue weighted by molar-refractivity contribution is 9.10. The van der Waals surface area contributed by atoms with Crippen molar-refractivity contribution in [3.63, 3.8) is 0 Å². The molecule has 1 atom stereocenters. The molecule has 3 rings (SSSR count). The Morgan fingerprint density at radius 1 is 1.19 bits per heavy atom. The summed E-state index contributed by atoms with van der Waals surface area (Å²) in [6.07, 6.45) is -0.281. The minimum atomic E-state index is -0.965. The van der Waals surface area contributed by atoms with E-state index in [1.165, 1.54) is 6.07 Å². The molecule has 21 heavy (non-hydrogen) atoms. The van der Waals surface area contributed by atoms with Crippen LogP contribution in [-0.2, 0) is 11.2 Å². The van der Waals surface area contributed by atoms with Crippen LogP contribution in [0.5, 0.6) is 0 Å². The SMILES string of the molecule is O=C(c1c(F)ccc(Br)c1F)C1OCCc2ccccc21. The van der Waals surface area contributed by atoms with E-state index in [4.69, 9.17) is 4.74 Å². The molecule has 2 nitrogen and oxygen atoms in total. The first-order valence-corrected chi connectivity index (χ1v) is 7.26. The summed E-state index contributed by atoms with van der Waals surface area (Å²) in [6, 6.07) is 9.59. The van der Waals surface area contributed by atoms with Crippen molar-refractivity contribution in [2.75, 3.05) is 6.61 Å². The summed E-state index contributed by atoms with van der Waals surface area (Å²) in [5.41, 5.74) is 1.08. The van der Waals surface area contributed by atoms with Gasteiger partial charge in [0.25, 0.3) is 0 Å². The lowest BCUT2D eigenvalue weighted by atomic mass is 9.92. The zero-order valence-corrected chi connectivity index (χ0v) is 12.5. The first-order valence-electron chi connectivity index (χ1n) is 6.46. The lowest BCUT2D eigenvalue weighted by molar-refractivity contribution is 0.0342. The molecule has 1 aliphatic heterocycles. The van der Waals surface area contributed by atoms with Gasteiger partial charge in [-0.3, -0.25) is 4.79 Å². The van der Waals surface area contributed by atoms with Crippen LogP contribution in [0.2, 0.25) is 0 Å². The first kappa shape index (κ1) is 14.4. The maximum absolute atomic E-state index is 14.1. The second-order valence-electron chi connectivity index (χ2n) is 4.78. The second kappa shape index (κ2) is 5.66. The molecule has 0 spiro atoms. The molecule has 0 aromatic heterocycles. The molecule has 0 N–H and O–H groups in total. The summed E-state index contributed by atoms with van der Waals surface area (Å²) in [6.45, 7) is 0.352. The summed E-state index contributed by atoms with van der Waals surface area (Å²) in [5, 5.41) is 0. The van der Waals surface area contributed by atoms with E-state index in [-0.39, 0.29) is 4.47 Å². The maximum Gasteiger partial charge on any atom is 0.202 e. The van der Waals surface area contributed by atoms with Gasteiger partial charge >= 0.3 is 0 Å². The van der Waals surface area contributed by atoms with Crippen molar-refractivity contribution >= 4 is 21.7 Å². The van der Waals surface area contributed by atoms with E-state index < -0.39 is 29.1 Å². The predicted molar refractivity (Wildman–Crippen MR) is 77.2 cm³/mol. The maximum atomic E-state index is 14.1. The molecular formula is C16H11BrF2O2. The van der Waals surface area contributed by atoms with Gasteiger partial charge in [0.1, 0.15) is 11.9 Å². The van der Waals surface area contributed by atoms with Crippen molar-refractivity contribution in [3.05, 3.63) is 69.2 Å². The zero-order chi connectivity index (χ0) is 15.0. The zero-order valence-electron chi connectivity index (χ0n) is 10.9. The third kappa shape index (κ3) is 2.51. The van der Waals surface area contributed by atoms with Gasteiger partial charge in [-0.15, -0.1) is 0 Å². The fraction of sp³-hybridized carbons (Fsp3) is 0.188. The Balaban J connectivity index is 2.07. The smallest absolute Gasteiger partial charge is 0.202 e. The fourth-order valence-electron chi connectivity index (χ4n) is 2.50. The Labute approximate surface area is 128 Å². The van der Waals surface area contributed by atoms with E-state index in [1.807, 2.05) is 12.1 Å². The summed E-state index contributed by atoms with van der Waals surface area (Å²) in [7, 11) is 0. The third-order valence-electron chi connectivity index (χ3n) is 3.52. The lowest BCUT2D eigenvalue weighted by Gasteiger charge is -2.25. The van der Waals surface area contributed by atoms with Crippen LogP contribution in [0.4, 0.5) is 8.78 Å². The monoisotopic (exact) mass is 352 g/mol. The van der Waals surface area contributed by atoms with Crippen LogP contribution in [0.1, 0.15) is 27.6 Å². The van der Waals surface area contributed by atoms with E-state index in [9.17, 15) is 13.6 Å². The third-order valence-corrected chi connectivity index (χ3v) is 4.13. The lowest BCUT2D eigenvalue weighted by Crippen LogP contribution is -2.25. The standard InChI is InChI=1S/C16H11BrF2O2/c17-11-5-6-12(18)13(14(11)19)15(20)16-10-4-2-1-3-9(10)7-8-21-16/h1-6,16H,7-8H2. The summed E-state index contributed by atoms with van der Waals surface area (Å²) < 4.78 is 33.5. The normalized spacial score (nSPS) is 17.4. The Morgan fingerprint density at radius 3 is 2.76 bits per heavy atom. The number of carbonyl (C=O) groups excluding carboxylic acids is 1. The highest BCUT2D eigenvalue weighted by atomic mass is 79.9. The van der Waals surface area contributed by atoms with Gasteiger partial charge < -0.3 is 4.74 Å². The molecule has 0 amide bonds. The first-order chi connectivity index (χ1) is 10.1. The molecule has 0 saturated heterocycles. The molecule has 0 bridgehead atoms. The molecule has 1 aliphatic rings. The molecule has 2 aromatic rings. The number of hydrogen-bond acceptors (Lipinski definition) is 2. The van der Waals surface area contributed by atoms with E-state index in [0.717, 1.165) is 11.6 Å². The average molecular weight is 353 g/mol. The Hall–Kier alpha value is -1.59. The molecule has 1 heterocycles. The number of fused-ring (bicyclic) bond motifs is 1. The fourth-order valence-corrected chi connectivity index (χ4v) is 2.83. The number of hydrogen-bond donors (Lipinski definition) is 0. The minimum absolute atomic E-state index is 0.0522. The molecule has 0 aliphatic carbocycles. The number of Topliss-reactive ketones (excluding diaryl/α,β-unsaturated/α-hetero) is 1. The van der Waals surface area contributed by atoms with Gasteiger partial charge in [0.15, 0.2) is 5.82 Å². The van der Waals surface area contributed by atoms with Crippen molar-refractivity contribution in [2.45, 2.75) is 12.5 Å². The number of halogens is 3. The quantitative estimate of drug-likeness (QED) is 0.597. The van der Waals surface area contributed by atoms with Crippen molar-refractivity contribution in [1.82, 2.24) is 0 Å². The Bertz CT molecular complexity index is 715. The highest BCUT2D eigenvalue weighted by Gasteiger charge is 2.32. The van der Waals surface area contributed by atoms with Gasteiger partial charge in [-0.25, -0.2) is 8.78 Å². The largest absolute Gasteiger partial charge is 0.365 e. The topological polar surface area (TPSA) is 26.3 Å². The molecule has 2 aromatic carbocycles. The molecule has 0 fully saturated rings. The summed E-state index contributed by atoms with van der Waals surface area (Å²) >= 11 is 2.97. The van der Waals surface area contributed by atoms with Crippen LogP contribution >= 0.6 is 15.9 Å². The van der Waals surface area contributed by atoms with Crippen LogP contribution in [-0.4, -0.2) is 12.4 Å². The van der Waals surface area contributed by atoms with Gasteiger partial charge in [-0.05, 0) is 45.6 Å². The summed E-state index contributed by atoms with van der Waals surface area (Å²) in [5.74, 6) is -2.47. The van der Waals surface area contributed by atoms with Gasteiger partial charge in [0.2, 0.25) is 5.78 Å². The molecule has 1 unspecified atom stereocenters. The molecule has 0 saturated carbocycles. The van der Waals surface area contributed by atoms with E-state index >= 15 is 0 Å². The molecule has 108 valence electrons.